The molecule has 128 valence electrons. The zero-order valence-electron chi connectivity index (χ0n) is 13.3. The SMILES string of the molecule is Cc1ccc(C(=O)NS(=O)(=O)c2ccc(Br)cc2)cc1-n1cccc1. The standard InChI is InChI=1S/C18H15BrN2O3S/c1-13-4-5-14(12-17(13)21-10-2-3-11-21)18(22)20-25(23,24)16-8-6-15(19)7-9-16/h2-12H,1H3,(H,20,22). The van der Waals surface area contributed by atoms with Crippen LogP contribution in [0.2, 0.25) is 0 Å². The number of carbonyl (C=O) groups is 1. The number of rotatable bonds is 4. The number of nitrogens with one attached hydrogen (secondary N) is 1. The number of carbonyl (C=O) groups excluding carboxylic acids is 1. The number of aromatic nitrogens is 1. The molecule has 0 saturated carbocycles. The molecule has 0 bridgehead atoms. The van der Waals surface area contributed by atoms with Gasteiger partial charge in [0.2, 0.25) is 0 Å². The fourth-order valence-corrected chi connectivity index (χ4v) is 3.62. The predicted molar refractivity (Wildman–Crippen MR) is 99.3 cm³/mol. The molecule has 1 aromatic heterocycles. The normalized spacial score (nSPS) is 11.3. The van der Waals surface area contributed by atoms with Gasteiger partial charge in [0, 0.05) is 28.1 Å². The number of nitrogens with zero attached hydrogens (tertiary/aromatic N) is 1. The second-order valence-electron chi connectivity index (χ2n) is 5.48. The highest BCUT2D eigenvalue weighted by atomic mass is 79.9. The fourth-order valence-electron chi connectivity index (χ4n) is 2.38. The Morgan fingerprint density at radius 1 is 1.04 bits per heavy atom. The number of amides is 1. The highest BCUT2D eigenvalue weighted by Gasteiger charge is 2.19. The highest BCUT2D eigenvalue weighted by Crippen LogP contribution is 2.18. The third-order valence-electron chi connectivity index (χ3n) is 3.70. The molecule has 0 spiro atoms. The molecule has 0 unspecified atom stereocenters. The van der Waals surface area contributed by atoms with Gasteiger partial charge >= 0.3 is 0 Å². The molecule has 1 heterocycles. The monoisotopic (exact) mass is 418 g/mol. The van der Waals surface area contributed by atoms with Crippen LogP contribution in [0.1, 0.15) is 15.9 Å². The summed E-state index contributed by atoms with van der Waals surface area (Å²) in [5.74, 6) is -0.670. The van der Waals surface area contributed by atoms with E-state index >= 15 is 0 Å². The van der Waals surface area contributed by atoms with E-state index < -0.39 is 15.9 Å². The summed E-state index contributed by atoms with van der Waals surface area (Å²) in [6.07, 6.45) is 3.73. The summed E-state index contributed by atoms with van der Waals surface area (Å²) in [7, 11) is -3.93. The lowest BCUT2D eigenvalue weighted by Gasteiger charge is -2.11. The smallest absolute Gasteiger partial charge is 0.265 e. The number of sulfonamides is 1. The molecule has 3 rings (SSSR count). The van der Waals surface area contributed by atoms with Gasteiger partial charge in [-0.1, -0.05) is 22.0 Å². The van der Waals surface area contributed by atoms with Crippen molar-refractivity contribution in [3.05, 3.63) is 82.6 Å². The van der Waals surface area contributed by atoms with Crippen LogP contribution in [0.15, 0.2) is 76.4 Å². The van der Waals surface area contributed by atoms with Crippen LogP contribution in [0, 0.1) is 6.92 Å². The van der Waals surface area contributed by atoms with Crippen LogP contribution in [-0.2, 0) is 10.0 Å². The van der Waals surface area contributed by atoms with Crippen molar-refractivity contribution in [2.24, 2.45) is 0 Å². The van der Waals surface area contributed by atoms with Crippen molar-refractivity contribution >= 4 is 31.9 Å². The van der Waals surface area contributed by atoms with Crippen LogP contribution in [0.5, 0.6) is 0 Å². The summed E-state index contributed by atoms with van der Waals surface area (Å²) in [5, 5.41) is 0. The van der Waals surface area contributed by atoms with Crippen LogP contribution in [0.3, 0.4) is 0 Å². The molecule has 0 aliphatic heterocycles. The number of aryl methyl sites for hydroxylation is 1. The minimum atomic E-state index is -3.93. The lowest BCUT2D eigenvalue weighted by Crippen LogP contribution is -2.30. The third-order valence-corrected chi connectivity index (χ3v) is 5.58. The Hall–Kier alpha value is -2.38. The molecule has 0 fully saturated rings. The van der Waals surface area contributed by atoms with Crippen LogP contribution in [0.4, 0.5) is 0 Å². The first-order valence-corrected chi connectivity index (χ1v) is 9.71. The number of halogens is 1. The molecular formula is C18H15BrN2O3S. The van der Waals surface area contributed by atoms with Gasteiger partial charge in [-0.05, 0) is 61.0 Å². The van der Waals surface area contributed by atoms with Gasteiger partial charge < -0.3 is 4.57 Å². The van der Waals surface area contributed by atoms with E-state index in [-0.39, 0.29) is 10.5 Å². The van der Waals surface area contributed by atoms with Crippen molar-refractivity contribution in [1.82, 2.24) is 9.29 Å². The number of hydrogen-bond donors (Lipinski definition) is 1. The van der Waals surface area contributed by atoms with Crippen LogP contribution >= 0.6 is 15.9 Å². The lowest BCUT2D eigenvalue weighted by atomic mass is 10.1. The van der Waals surface area contributed by atoms with Gasteiger partial charge in [0.05, 0.1) is 4.90 Å². The Kier molecular flexibility index (Phi) is 4.78. The Balaban J connectivity index is 1.89. The molecule has 0 aliphatic rings. The van der Waals surface area contributed by atoms with Gasteiger partial charge in [-0.15, -0.1) is 0 Å². The van der Waals surface area contributed by atoms with Gasteiger partial charge in [0.25, 0.3) is 15.9 Å². The molecule has 1 amide bonds. The maximum absolute atomic E-state index is 12.4. The number of benzene rings is 2. The molecule has 2 aromatic carbocycles. The topological polar surface area (TPSA) is 68.2 Å². The van der Waals surface area contributed by atoms with Crippen molar-refractivity contribution in [3.8, 4) is 5.69 Å². The third kappa shape index (κ3) is 3.83. The van der Waals surface area contributed by atoms with Gasteiger partial charge in [0.15, 0.2) is 0 Å². The van der Waals surface area contributed by atoms with Crippen LogP contribution in [0.25, 0.3) is 5.69 Å². The van der Waals surface area contributed by atoms with Crippen molar-refractivity contribution < 1.29 is 13.2 Å². The van der Waals surface area contributed by atoms with E-state index in [1.807, 2.05) is 36.0 Å². The molecule has 0 atom stereocenters. The van der Waals surface area contributed by atoms with Gasteiger partial charge in [-0.3, -0.25) is 4.79 Å². The van der Waals surface area contributed by atoms with E-state index in [0.29, 0.717) is 0 Å². The summed E-state index contributed by atoms with van der Waals surface area (Å²) < 4.78 is 29.4. The molecule has 3 aromatic rings. The Morgan fingerprint density at radius 3 is 2.32 bits per heavy atom. The molecule has 0 radical (unpaired) electrons. The first kappa shape index (κ1) is 17.4. The molecule has 1 N–H and O–H groups in total. The Morgan fingerprint density at radius 2 is 1.68 bits per heavy atom. The lowest BCUT2D eigenvalue weighted by molar-refractivity contribution is 0.0981. The summed E-state index contributed by atoms with van der Waals surface area (Å²) >= 11 is 3.25. The van der Waals surface area contributed by atoms with E-state index in [2.05, 4.69) is 20.7 Å². The second-order valence-corrected chi connectivity index (χ2v) is 8.08. The molecule has 7 heteroatoms. The van der Waals surface area contributed by atoms with Crippen molar-refractivity contribution in [2.75, 3.05) is 0 Å². The summed E-state index contributed by atoms with van der Waals surface area (Å²) in [6.45, 7) is 1.93. The zero-order valence-corrected chi connectivity index (χ0v) is 15.7. The molecule has 5 nitrogen and oxygen atoms in total. The predicted octanol–water partition coefficient (Wildman–Crippen LogP) is 3.67. The van der Waals surface area contributed by atoms with Gasteiger partial charge in [-0.25, -0.2) is 13.1 Å². The average molecular weight is 419 g/mol. The van der Waals surface area contributed by atoms with Gasteiger partial charge in [0.1, 0.15) is 0 Å². The zero-order chi connectivity index (χ0) is 18.0. The van der Waals surface area contributed by atoms with E-state index in [0.717, 1.165) is 15.7 Å². The maximum Gasteiger partial charge on any atom is 0.265 e. The van der Waals surface area contributed by atoms with Crippen LogP contribution < -0.4 is 4.72 Å². The van der Waals surface area contributed by atoms with E-state index in [4.69, 9.17) is 0 Å². The summed E-state index contributed by atoms with van der Waals surface area (Å²) in [5.41, 5.74) is 2.07. The summed E-state index contributed by atoms with van der Waals surface area (Å²) in [6, 6.07) is 14.9. The fraction of sp³-hybridized carbons (Fsp3) is 0.0556. The highest BCUT2D eigenvalue weighted by molar-refractivity contribution is 9.10. The molecule has 25 heavy (non-hydrogen) atoms. The maximum atomic E-state index is 12.4. The van der Waals surface area contributed by atoms with Crippen molar-refractivity contribution in [2.45, 2.75) is 11.8 Å². The van der Waals surface area contributed by atoms with Crippen LogP contribution in [-0.4, -0.2) is 18.9 Å². The average Bonchev–Trinajstić information content (AvgIpc) is 3.09. The second kappa shape index (κ2) is 6.85. The molecular weight excluding hydrogens is 404 g/mol. The van der Waals surface area contributed by atoms with Crippen molar-refractivity contribution in [3.63, 3.8) is 0 Å². The quantitative estimate of drug-likeness (QED) is 0.702. The minimum absolute atomic E-state index is 0.0294. The largest absolute Gasteiger partial charge is 0.324 e. The molecule has 0 aliphatic carbocycles. The first-order chi connectivity index (χ1) is 11.9. The van der Waals surface area contributed by atoms with E-state index in [9.17, 15) is 13.2 Å². The Bertz CT molecular complexity index is 1010. The van der Waals surface area contributed by atoms with E-state index in [1.54, 1.807) is 30.3 Å². The Labute approximate surface area is 154 Å². The van der Waals surface area contributed by atoms with E-state index in [1.165, 1.54) is 12.1 Å². The molecule has 0 saturated heterocycles. The number of hydrogen-bond acceptors (Lipinski definition) is 3. The minimum Gasteiger partial charge on any atom is -0.324 e. The van der Waals surface area contributed by atoms with Gasteiger partial charge in [-0.2, -0.15) is 0 Å². The first-order valence-electron chi connectivity index (χ1n) is 7.43. The van der Waals surface area contributed by atoms with Crippen molar-refractivity contribution in [1.29, 1.82) is 0 Å². The summed E-state index contributed by atoms with van der Waals surface area (Å²) in [4.78, 5) is 12.5.